The van der Waals surface area contributed by atoms with Crippen molar-refractivity contribution in [2.24, 2.45) is 7.05 Å². The Morgan fingerprint density at radius 2 is 2.14 bits per heavy atom. The maximum absolute atomic E-state index is 13.0. The molecule has 2 N–H and O–H groups in total. The van der Waals surface area contributed by atoms with E-state index in [1.165, 1.54) is 16.9 Å². The molecule has 14 heavy (non-hydrogen) atoms. The van der Waals surface area contributed by atoms with Gasteiger partial charge >= 0.3 is 7.12 Å². The highest BCUT2D eigenvalue weighted by Gasteiger charge is 2.18. The van der Waals surface area contributed by atoms with Crippen LogP contribution in [0.25, 0.3) is 10.9 Å². The average Bonchev–Trinajstić information content (AvgIpc) is 2.46. The first-order valence-corrected chi connectivity index (χ1v) is 4.07. The second-order valence-corrected chi connectivity index (χ2v) is 3.07. The summed E-state index contributed by atoms with van der Waals surface area (Å²) in [6.07, 6.45) is 1.48. The molecule has 0 amide bonds. The van der Waals surface area contributed by atoms with Crippen LogP contribution in [0.1, 0.15) is 0 Å². The Balaban J connectivity index is 2.83. The normalized spacial score (nSPS) is 10.9. The van der Waals surface area contributed by atoms with Crippen LogP contribution in [-0.4, -0.2) is 26.9 Å². The van der Waals surface area contributed by atoms with Crippen LogP contribution >= 0.6 is 0 Å². The number of hydrogen-bond acceptors (Lipinski definition) is 3. The molecule has 0 radical (unpaired) electrons. The van der Waals surface area contributed by atoms with Gasteiger partial charge in [-0.2, -0.15) is 5.10 Å². The van der Waals surface area contributed by atoms with Gasteiger partial charge in [0.15, 0.2) is 0 Å². The standard InChI is InChI=1S/C8H8BFN2O2/c1-12-8-5(4-11-12)2-6(10)3-7(8)9(13)14/h2-4,13-14H,1H3. The van der Waals surface area contributed by atoms with Crippen LogP contribution in [0.2, 0.25) is 0 Å². The Bertz CT molecular complexity index is 483. The second-order valence-electron chi connectivity index (χ2n) is 3.07. The van der Waals surface area contributed by atoms with Gasteiger partial charge in [-0.3, -0.25) is 4.68 Å². The van der Waals surface area contributed by atoms with Crippen LogP contribution in [0.4, 0.5) is 4.39 Å². The number of rotatable bonds is 1. The predicted molar refractivity (Wildman–Crippen MR) is 50.5 cm³/mol. The van der Waals surface area contributed by atoms with Gasteiger partial charge in [-0.15, -0.1) is 0 Å². The number of halogens is 1. The fraction of sp³-hybridized carbons (Fsp3) is 0.125. The van der Waals surface area contributed by atoms with E-state index in [0.717, 1.165) is 6.07 Å². The molecule has 0 spiro atoms. The van der Waals surface area contributed by atoms with Crippen LogP contribution < -0.4 is 5.46 Å². The van der Waals surface area contributed by atoms with Gasteiger partial charge in [0.05, 0.1) is 11.7 Å². The number of fused-ring (bicyclic) bond motifs is 1. The predicted octanol–water partition coefficient (Wildman–Crippen LogP) is -0.608. The summed E-state index contributed by atoms with van der Waals surface area (Å²) in [6.45, 7) is 0. The number of aromatic nitrogens is 2. The van der Waals surface area contributed by atoms with Crippen LogP contribution in [0, 0.1) is 5.82 Å². The van der Waals surface area contributed by atoms with Gasteiger partial charge in [0, 0.05) is 17.9 Å². The van der Waals surface area contributed by atoms with E-state index >= 15 is 0 Å². The zero-order valence-corrected chi connectivity index (χ0v) is 7.48. The molecule has 2 aromatic rings. The summed E-state index contributed by atoms with van der Waals surface area (Å²) in [5.41, 5.74) is 0.654. The van der Waals surface area contributed by atoms with Gasteiger partial charge in [0.25, 0.3) is 0 Å². The third kappa shape index (κ3) is 1.28. The molecule has 1 heterocycles. The Kier molecular flexibility index (Phi) is 2.01. The molecule has 0 unspecified atom stereocenters. The van der Waals surface area contributed by atoms with Crippen molar-refractivity contribution in [1.82, 2.24) is 9.78 Å². The molecule has 0 fully saturated rings. The Morgan fingerprint density at radius 1 is 1.43 bits per heavy atom. The monoisotopic (exact) mass is 194 g/mol. The Labute approximate surface area is 79.7 Å². The van der Waals surface area contributed by atoms with Crippen molar-refractivity contribution >= 4 is 23.5 Å². The van der Waals surface area contributed by atoms with Crippen molar-refractivity contribution in [3.05, 3.63) is 24.1 Å². The summed E-state index contributed by atoms with van der Waals surface area (Å²) in [5.74, 6) is -0.506. The van der Waals surface area contributed by atoms with Crippen molar-refractivity contribution in [1.29, 1.82) is 0 Å². The lowest BCUT2D eigenvalue weighted by molar-refractivity contribution is 0.425. The fourth-order valence-corrected chi connectivity index (χ4v) is 1.52. The number of hydrogen-bond donors (Lipinski definition) is 2. The summed E-state index contributed by atoms with van der Waals surface area (Å²) in [6, 6.07) is 2.39. The highest BCUT2D eigenvalue weighted by molar-refractivity contribution is 6.61. The molecule has 2 rings (SSSR count). The lowest BCUT2D eigenvalue weighted by Gasteiger charge is -2.03. The molecule has 4 nitrogen and oxygen atoms in total. The molecular weight excluding hydrogens is 186 g/mol. The Morgan fingerprint density at radius 3 is 2.79 bits per heavy atom. The minimum absolute atomic E-state index is 0.125. The van der Waals surface area contributed by atoms with Gasteiger partial charge in [0.1, 0.15) is 5.82 Å². The minimum atomic E-state index is -1.69. The first-order chi connectivity index (χ1) is 6.59. The number of aryl methyl sites for hydroxylation is 1. The van der Waals surface area contributed by atoms with Crippen LogP contribution in [-0.2, 0) is 7.05 Å². The minimum Gasteiger partial charge on any atom is -0.423 e. The summed E-state index contributed by atoms with van der Waals surface area (Å²) in [4.78, 5) is 0. The van der Waals surface area contributed by atoms with Crippen molar-refractivity contribution in [2.75, 3.05) is 0 Å². The lowest BCUT2D eigenvalue weighted by atomic mass is 9.79. The maximum atomic E-state index is 13.0. The van der Waals surface area contributed by atoms with Crippen LogP contribution in [0.15, 0.2) is 18.3 Å². The quantitative estimate of drug-likeness (QED) is 0.595. The van der Waals surface area contributed by atoms with Gasteiger partial charge in [-0.25, -0.2) is 4.39 Å². The molecule has 0 atom stereocenters. The molecular formula is C8H8BFN2O2. The van der Waals surface area contributed by atoms with E-state index in [1.807, 2.05) is 0 Å². The third-order valence-electron chi connectivity index (χ3n) is 2.11. The number of benzene rings is 1. The van der Waals surface area contributed by atoms with Crippen LogP contribution in [0.5, 0.6) is 0 Å². The van der Waals surface area contributed by atoms with Crippen molar-refractivity contribution in [2.45, 2.75) is 0 Å². The summed E-state index contributed by atoms with van der Waals surface area (Å²) in [7, 11) is -0.0323. The topological polar surface area (TPSA) is 58.3 Å². The first kappa shape index (κ1) is 9.17. The van der Waals surface area contributed by atoms with E-state index in [2.05, 4.69) is 5.10 Å². The summed E-state index contributed by atoms with van der Waals surface area (Å²) >= 11 is 0. The second kappa shape index (κ2) is 3.07. The van der Waals surface area contributed by atoms with E-state index in [1.54, 1.807) is 7.05 Å². The average molecular weight is 194 g/mol. The zero-order valence-electron chi connectivity index (χ0n) is 7.48. The molecule has 0 aliphatic carbocycles. The van der Waals surface area contributed by atoms with Crippen molar-refractivity contribution in [3.63, 3.8) is 0 Å². The largest absolute Gasteiger partial charge is 0.490 e. The molecule has 1 aromatic carbocycles. The van der Waals surface area contributed by atoms with Gasteiger partial charge in [0.2, 0.25) is 0 Å². The van der Waals surface area contributed by atoms with Crippen molar-refractivity contribution in [3.8, 4) is 0 Å². The molecule has 0 bridgehead atoms. The Hall–Kier alpha value is -1.40. The van der Waals surface area contributed by atoms with E-state index < -0.39 is 12.9 Å². The van der Waals surface area contributed by atoms with E-state index in [0.29, 0.717) is 10.9 Å². The lowest BCUT2D eigenvalue weighted by Crippen LogP contribution is -2.32. The highest BCUT2D eigenvalue weighted by atomic mass is 19.1. The van der Waals surface area contributed by atoms with Crippen molar-refractivity contribution < 1.29 is 14.4 Å². The van der Waals surface area contributed by atoms with E-state index in [4.69, 9.17) is 10.0 Å². The molecule has 0 saturated heterocycles. The third-order valence-corrected chi connectivity index (χ3v) is 2.11. The SMILES string of the molecule is Cn1ncc2cc(F)cc(B(O)O)c21. The molecule has 72 valence electrons. The molecule has 6 heteroatoms. The van der Waals surface area contributed by atoms with Gasteiger partial charge in [-0.1, -0.05) is 0 Å². The van der Waals surface area contributed by atoms with E-state index in [9.17, 15) is 4.39 Å². The number of nitrogens with zero attached hydrogens (tertiary/aromatic N) is 2. The summed E-state index contributed by atoms with van der Waals surface area (Å²) < 4.78 is 14.5. The van der Waals surface area contributed by atoms with Crippen LogP contribution in [0.3, 0.4) is 0 Å². The fourth-order valence-electron chi connectivity index (χ4n) is 1.52. The highest BCUT2D eigenvalue weighted by Crippen LogP contribution is 2.12. The first-order valence-electron chi connectivity index (χ1n) is 4.07. The zero-order chi connectivity index (χ0) is 10.3. The molecule has 0 aliphatic rings. The van der Waals surface area contributed by atoms with E-state index in [-0.39, 0.29) is 5.46 Å². The molecule has 0 aliphatic heterocycles. The smallest absolute Gasteiger partial charge is 0.423 e. The molecule has 0 saturated carbocycles. The summed E-state index contributed by atoms with van der Waals surface area (Å²) in [5, 5.41) is 22.5. The van der Waals surface area contributed by atoms with Gasteiger partial charge < -0.3 is 10.0 Å². The maximum Gasteiger partial charge on any atom is 0.490 e. The molecule has 1 aromatic heterocycles. The van der Waals surface area contributed by atoms with Gasteiger partial charge in [-0.05, 0) is 12.1 Å².